The van der Waals surface area contributed by atoms with Crippen molar-refractivity contribution in [3.8, 4) is 0 Å². The standard InChI is InChI=1S/C11H18N2O/c1-5-10(7-14)6-11-8(2)12-13(4)9(11)3/h6,14H,5,7H2,1-4H3/b10-6+. The summed E-state index contributed by atoms with van der Waals surface area (Å²) < 4.78 is 1.87. The van der Waals surface area contributed by atoms with Crippen molar-refractivity contribution in [2.75, 3.05) is 6.61 Å². The molecule has 3 nitrogen and oxygen atoms in total. The highest BCUT2D eigenvalue weighted by molar-refractivity contribution is 5.57. The molecule has 0 aliphatic carbocycles. The molecule has 78 valence electrons. The zero-order valence-electron chi connectivity index (χ0n) is 9.33. The van der Waals surface area contributed by atoms with Crippen LogP contribution in [0.3, 0.4) is 0 Å². The van der Waals surface area contributed by atoms with Crippen molar-refractivity contribution in [3.05, 3.63) is 22.5 Å². The van der Waals surface area contributed by atoms with Crippen LogP contribution in [0, 0.1) is 13.8 Å². The first-order valence-electron chi connectivity index (χ1n) is 4.90. The highest BCUT2D eigenvalue weighted by atomic mass is 16.3. The summed E-state index contributed by atoms with van der Waals surface area (Å²) in [5.74, 6) is 0. The molecule has 1 aromatic rings. The minimum absolute atomic E-state index is 0.129. The van der Waals surface area contributed by atoms with Gasteiger partial charge >= 0.3 is 0 Å². The maximum absolute atomic E-state index is 9.08. The molecule has 1 heterocycles. The fourth-order valence-electron chi connectivity index (χ4n) is 1.46. The number of aromatic nitrogens is 2. The predicted molar refractivity (Wildman–Crippen MR) is 58.0 cm³/mol. The lowest BCUT2D eigenvalue weighted by atomic mass is 10.1. The molecule has 0 amide bonds. The molecule has 0 aromatic carbocycles. The van der Waals surface area contributed by atoms with Gasteiger partial charge in [-0.3, -0.25) is 4.68 Å². The zero-order valence-corrected chi connectivity index (χ0v) is 9.33. The Morgan fingerprint density at radius 2 is 2.14 bits per heavy atom. The van der Waals surface area contributed by atoms with Crippen LogP contribution >= 0.6 is 0 Å². The predicted octanol–water partition coefficient (Wildman–Crippen LogP) is 1.82. The van der Waals surface area contributed by atoms with E-state index in [4.69, 9.17) is 5.11 Å². The van der Waals surface area contributed by atoms with E-state index >= 15 is 0 Å². The van der Waals surface area contributed by atoms with E-state index in [-0.39, 0.29) is 6.61 Å². The average Bonchev–Trinajstić information content (AvgIpc) is 2.40. The van der Waals surface area contributed by atoms with Crippen LogP contribution in [0.2, 0.25) is 0 Å². The van der Waals surface area contributed by atoms with Gasteiger partial charge in [-0.25, -0.2) is 0 Å². The van der Waals surface area contributed by atoms with E-state index in [0.717, 1.165) is 28.9 Å². The van der Waals surface area contributed by atoms with Crippen molar-refractivity contribution in [1.29, 1.82) is 0 Å². The Labute approximate surface area is 85.1 Å². The smallest absolute Gasteiger partial charge is 0.0668 e. The third-order valence-corrected chi connectivity index (χ3v) is 2.57. The topological polar surface area (TPSA) is 38.0 Å². The fourth-order valence-corrected chi connectivity index (χ4v) is 1.46. The van der Waals surface area contributed by atoms with Crippen molar-refractivity contribution in [2.45, 2.75) is 27.2 Å². The number of aliphatic hydroxyl groups is 1. The maximum atomic E-state index is 9.08. The van der Waals surface area contributed by atoms with Crippen molar-refractivity contribution in [2.24, 2.45) is 7.05 Å². The molecular weight excluding hydrogens is 176 g/mol. The minimum atomic E-state index is 0.129. The first-order valence-corrected chi connectivity index (χ1v) is 4.90. The molecule has 0 atom stereocenters. The molecule has 0 unspecified atom stereocenters. The second-order valence-corrected chi connectivity index (χ2v) is 3.52. The van der Waals surface area contributed by atoms with Crippen molar-refractivity contribution in [3.63, 3.8) is 0 Å². The summed E-state index contributed by atoms with van der Waals surface area (Å²) in [6.45, 7) is 6.20. The Kier molecular flexibility index (Phi) is 3.47. The van der Waals surface area contributed by atoms with E-state index in [1.807, 2.05) is 38.6 Å². The third kappa shape index (κ3) is 2.04. The van der Waals surface area contributed by atoms with Crippen LogP contribution in [-0.2, 0) is 7.05 Å². The van der Waals surface area contributed by atoms with Crippen LogP contribution < -0.4 is 0 Å². The molecule has 0 saturated carbocycles. The van der Waals surface area contributed by atoms with Gasteiger partial charge in [0.25, 0.3) is 0 Å². The Bertz CT molecular complexity index is 344. The summed E-state index contributed by atoms with van der Waals surface area (Å²) in [4.78, 5) is 0. The second-order valence-electron chi connectivity index (χ2n) is 3.52. The molecule has 0 aliphatic rings. The summed E-state index contributed by atoms with van der Waals surface area (Å²) in [7, 11) is 1.93. The van der Waals surface area contributed by atoms with Crippen LogP contribution in [0.1, 0.15) is 30.3 Å². The Morgan fingerprint density at radius 1 is 1.50 bits per heavy atom. The Hall–Kier alpha value is -1.09. The number of nitrogens with zero attached hydrogens (tertiary/aromatic N) is 2. The second kappa shape index (κ2) is 4.42. The molecule has 0 fully saturated rings. The van der Waals surface area contributed by atoms with Gasteiger partial charge in [-0.2, -0.15) is 5.10 Å². The zero-order chi connectivity index (χ0) is 10.7. The van der Waals surface area contributed by atoms with Crippen LogP contribution in [0.15, 0.2) is 5.57 Å². The molecule has 0 aliphatic heterocycles. The van der Waals surface area contributed by atoms with Crippen LogP contribution in [-0.4, -0.2) is 21.5 Å². The number of rotatable bonds is 3. The first kappa shape index (κ1) is 11.0. The largest absolute Gasteiger partial charge is 0.392 e. The molecule has 3 heteroatoms. The lowest BCUT2D eigenvalue weighted by Crippen LogP contribution is -1.93. The van der Waals surface area contributed by atoms with E-state index in [2.05, 4.69) is 5.10 Å². The van der Waals surface area contributed by atoms with Crippen LogP contribution in [0.4, 0.5) is 0 Å². The van der Waals surface area contributed by atoms with Gasteiger partial charge in [0.05, 0.1) is 12.3 Å². The maximum Gasteiger partial charge on any atom is 0.0668 e. The van der Waals surface area contributed by atoms with Gasteiger partial charge in [0.2, 0.25) is 0 Å². The molecule has 0 spiro atoms. The monoisotopic (exact) mass is 194 g/mol. The first-order chi connectivity index (χ1) is 6.60. The minimum Gasteiger partial charge on any atom is -0.392 e. The van der Waals surface area contributed by atoms with Crippen LogP contribution in [0.5, 0.6) is 0 Å². The van der Waals surface area contributed by atoms with Gasteiger partial charge in [-0.15, -0.1) is 0 Å². The average molecular weight is 194 g/mol. The van der Waals surface area contributed by atoms with Crippen LogP contribution in [0.25, 0.3) is 6.08 Å². The van der Waals surface area contributed by atoms with Gasteiger partial charge in [0.15, 0.2) is 0 Å². The molecule has 1 aromatic heterocycles. The Balaban J connectivity index is 3.12. The number of aliphatic hydroxyl groups excluding tert-OH is 1. The van der Waals surface area contributed by atoms with Gasteiger partial charge in [0, 0.05) is 18.3 Å². The lowest BCUT2D eigenvalue weighted by Gasteiger charge is -2.00. The van der Waals surface area contributed by atoms with E-state index < -0.39 is 0 Å². The number of hydrogen-bond donors (Lipinski definition) is 1. The quantitative estimate of drug-likeness (QED) is 0.797. The van der Waals surface area contributed by atoms with E-state index in [1.54, 1.807) is 0 Å². The molecule has 1 N–H and O–H groups in total. The van der Waals surface area contributed by atoms with Crippen molar-refractivity contribution >= 4 is 6.08 Å². The lowest BCUT2D eigenvalue weighted by molar-refractivity contribution is 0.329. The summed E-state index contributed by atoms with van der Waals surface area (Å²) >= 11 is 0. The molecular formula is C11H18N2O. The summed E-state index contributed by atoms with van der Waals surface area (Å²) in [6, 6.07) is 0. The molecule has 0 bridgehead atoms. The van der Waals surface area contributed by atoms with Gasteiger partial charge in [-0.1, -0.05) is 6.92 Å². The van der Waals surface area contributed by atoms with Gasteiger partial charge < -0.3 is 5.11 Å². The molecule has 0 radical (unpaired) electrons. The van der Waals surface area contributed by atoms with Gasteiger partial charge in [-0.05, 0) is 31.9 Å². The van der Waals surface area contributed by atoms with E-state index in [0.29, 0.717) is 0 Å². The van der Waals surface area contributed by atoms with Crippen molar-refractivity contribution < 1.29 is 5.11 Å². The SMILES string of the molecule is CC/C(=C\c1c(C)nn(C)c1C)CO. The van der Waals surface area contributed by atoms with E-state index in [9.17, 15) is 0 Å². The number of aryl methyl sites for hydroxylation is 2. The third-order valence-electron chi connectivity index (χ3n) is 2.57. The van der Waals surface area contributed by atoms with E-state index in [1.165, 1.54) is 0 Å². The van der Waals surface area contributed by atoms with Crippen molar-refractivity contribution in [1.82, 2.24) is 9.78 Å². The summed E-state index contributed by atoms with van der Waals surface area (Å²) in [6.07, 6.45) is 2.92. The fraction of sp³-hybridized carbons (Fsp3) is 0.545. The number of hydrogen-bond acceptors (Lipinski definition) is 2. The highest BCUT2D eigenvalue weighted by Crippen LogP contribution is 2.16. The summed E-state index contributed by atoms with van der Waals surface area (Å²) in [5, 5.41) is 13.4. The Morgan fingerprint density at radius 3 is 2.50 bits per heavy atom. The molecule has 0 saturated heterocycles. The summed E-state index contributed by atoms with van der Waals surface area (Å²) in [5.41, 5.74) is 4.34. The molecule has 14 heavy (non-hydrogen) atoms. The molecule has 1 rings (SSSR count). The normalized spacial score (nSPS) is 12.2. The highest BCUT2D eigenvalue weighted by Gasteiger charge is 2.06. The van der Waals surface area contributed by atoms with Gasteiger partial charge in [0.1, 0.15) is 0 Å².